The Labute approximate surface area is 64.8 Å². The number of rotatable bonds is 4. The molecule has 0 heterocycles. The van der Waals surface area contributed by atoms with E-state index in [1.807, 2.05) is 20.4 Å². The Morgan fingerprint density at radius 1 is 1.11 bits per heavy atom. The van der Waals surface area contributed by atoms with Crippen LogP contribution >= 0.6 is 12.4 Å². The topological polar surface area (TPSA) is 18.5 Å². The predicted octanol–water partition coefficient (Wildman–Crippen LogP) is 1.33. The lowest BCUT2D eigenvalue weighted by molar-refractivity contribution is 0.219. The molecule has 0 amide bonds. The fourth-order valence-corrected chi connectivity index (χ4v) is 1.55. The average Bonchev–Trinajstić information content (AvgIpc) is 1.68. The van der Waals surface area contributed by atoms with E-state index in [-0.39, 0.29) is 12.4 Å². The van der Waals surface area contributed by atoms with Crippen LogP contribution in [0.3, 0.4) is 0 Å². The van der Waals surface area contributed by atoms with Crippen LogP contribution in [-0.2, 0) is 8.85 Å². The van der Waals surface area contributed by atoms with Crippen LogP contribution in [0.4, 0.5) is 0 Å². The van der Waals surface area contributed by atoms with Gasteiger partial charge in [0.05, 0.1) is 0 Å². The summed E-state index contributed by atoms with van der Waals surface area (Å²) in [4.78, 5) is 0. The van der Waals surface area contributed by atoms with Crippen LogP contribution in [0.2, 0.25) is 6.55 Å². The van der Waals surface area contributed by atoms with Crippen LogP contribution in [0.1, 0.15) is 13.8 Å². The zero-order chi connectivity index (χ0) is 6.41. The molecule has 9 heavy (non-hydrogen) atoms. The summed E-state index contributed by atoms with van der Waals surface area (Å²) in [7, 11) is -1.20. The summed E-state index contributed by atoms with van der Waals surface area (Å²) < 4.78 is 10.4. The van der Waals surface area contributed by atoms with Crippen molar-refractivity contribution in [3.8, 4) is 0 Å². The molecule has 0 fully saturated rings. The molecule has 0 aromatic heterocycles. The first-order valence-electron chi connectivity index (χ1n) is 3.04. The molecule has 0 rings (SSSR count). The Balaban J connectivity index is 0. The van der Waals surface area contributed by atoms with Crippen LogP contribution in [0.5, 0.6) is 0 Å². The molecule has 0 saturated carbocycles. The van der Waals surface area contributed by atoms with Gasteiger partial charge in [-0.3, -0.25) is 0 Å². The monoisotopic (exact) mass is 170 g/mol. The number of hydrogen-bond acceptors (Lipinski definition) is 2. The summed E-state index contributed by atoms with van der Waals surface area (Å²) in [5, 5.41) is 0. The first-order valence-corrected chi connectivity index (χ1v) is 5.14. The van der Waals surface area contributed by atoms with Crippen LogP contribution in [-0.4, -0.2) is 22.5 Å². The second-order valence-electron chi connectivity index (χ2n) is 1.48. The van der Waals surface area contributed by atoms with Gasteiger partial charge in [0.1, 0.15) is 0 Å². The minimum Gasteiger partial charge on any atom is -0.397 e. The van der Waals surface area contributed by atoms with Crippen molar-refractivity contribution >= 4 is 21.7 Å². The Hall–Kier alpha value is 0.427. The molecule has 4 heteroatoms. The fourth-order valence-electron chi connectivity index (χ4n) is 0.518. The second-order valence-corrected chi connectivity index (χ2v) is 3.28. The van der Waals surface area contributed by atoms with E-state index in [9.17, 15) is 0 Å². The van der Waals surface area contributed by atoms with E-state index in [0.717, 1.165) is 13.2 Å². The van der Waals surface area contributed by atoms with Crippen molar-refractivity contribution in [1.82, 2.24) is 0 Å². The lowest BCUT2D eigenvalue weighted by Gasteiger charge is -2.07. The molecule has 0 spiro atoms. The lowest BCUT2D eigenvalue weighted by atomic mass is 10.9. The van der Waals surface area contributed by atoms with Crippen LogP contribution < -0.4 is 0 Å². The van der Waals surface area contributed by atoms with Crippen molar-refractivity contribution in [2.75, 3.05) is 13.2 Å². The summed E-state index contributed by atoms with van der Waals surface area (Å²) in [5.74, 6) is 0. The maximum absolute atomic E-state index is 5.20. The molecule has 0 bridgehead atoms. The molecular weight excluding hydrogens is 156 g/mol. The molecule has 0 aromatic carbocycles. The quantitative estimate of drug-likeness (QED) is 0.593. The van der Waals surface area contributed by atoms with E-state index in [1.54, 1.807) is 0 Å². The van der Waals surface area contributed by atoms with Gasteiger partial charge in [0.2, 0.25) is 0 Å². The van der Waals surface area contributed by atoms with Crippen LogP contribution in [0.25, 0.3) is 0 Å². The molecule has 0 aliphatic rings. The van der Waals surface area contributed by atoms with Crippen LogP contribution in [0, 0.1) is 0 Å². The van der Waals surface area contributed by atoms with Gasteiger partial charge in [-0.15, -0.1) is 12.4 Å². The van der Waals surface area contributed by atoms with Crippen molar-refractivity contribution < 1.29 is 8.85 Å². The van der Waals surface area contributed by atoms with E-state index < -0.39 is 9.28 Å². The second kappa shape index (κ2) is 8.43. The Kier molecular flexibility index (Phi) is 11.4. The highest BCUT2D eigenvalue weighted by Gasteiger charge is 1.99. The van der Waals surface area contributed by atoms with Crippen molar-refractivity contribution in [1.29, 1.82) is 0 Å². The largest absolute Gasteiger partial charge is 0.397 e. The molecule has 0 atom stereocenters. The first-order chi connectivity index (χ1) is 3.81. The standard InChI is InChI=1S/C5H14O2Si.ClH/c1-4-6-8(3)7-5-2;/h8H,4-5H2,1-3H3;1H. The fraction of sp³-hybridized carbons (Fsp3) is 1.00. The highest BCUT2D eigenvalue weighted by Crippen LogP contribution is 1.85. The average molecular weight is 171 g/mol. The molecule has 0 aliphatic carbocycles. The maximum Gasteiger partial charge on any atom is 0.318 e. The Morgan fingerprint density at radius 3 is 1.67 bits per heavy atom. The van der Waals surface area contributed by atoms with Gasteiger partial charge >= 0.3 is 9.28 Å². The summed E-state index contributed by atoms with van der Waals surface area (Å²) in [5.41, 5.74) is 0. The van der Waals surface area contributed by atoms with E-state index >= 15 is 0 Å². The van der Waals surface area contributed by atoms with Gasteiger partial charge in [-0.05, 0) is 20.4 Å². The van der Waals surface area contributed by atoms with Crippen molar-refractivity contribution in [3.63, 3.8) is 0 Å². The first kappa shape index (κ1) is 12.1. The summed E-state index contributed by atoms with van der Waals surface area (Å²) >= 11 is 0. The molecule has 0 saturated heterocycles. The SMILES string of the molecule is CCO[SiH](C)OCC.Cl. The molecule has 0 N–H and O–H groups in total. The number of hydrogen-bond donors (Lipinski definition) is 0. The van der Waals surface area contributed by atoms with Gasteiger partial charge in [-0.1, -0.05) is 0 Å². The zero-order valence-corrected chi connectivity index (χ0v) is 8.19. The van der Waals surface area contributed by atoms with E-state index in [1.165, 1.54) is 0 Å². The van der Waals surface area contributed by atoms with Gasteiger partial charge in [0, 0.05) is 13.2 Å². The van der Waals surface area contributed by atoms with E-state index in [2.05, 4.69) is 0 Å². The zero-order valence-electron chi connectivity index (χ0n) is 6.22. The maximum atomic E-state index is 5.20. The number of halogens is 1. The highest BCUT2D eigenvalue weighted by atomic mass is 35.5. The molecule has 0 radical (unpaired) electrons. The van der Waals surface area contributed by atoms with Gasteiger partial charge in [-0.25, -0.2) is 0 Å². The molecular formula is C5H15ClO2Si. The highest BCUT2D eigenvalue weighted by molar-refractivity contribution is 6.42. The smallest absolute Gasteiger partial charge is 0.318 e. The molecule has 0 unspecified atom stereocenters. The van der Waals surface area contributed by atoms with Gasteiger partial charge in [0.25, 0.3) is 0 Å². The predicted molar refractivity (Wildman–Crippen MR) is 43.5 cm³/mol. The molecule has 0 aromatic rings. The van der Waals surface area contributed by atoms with Crippen molar-refractivity contribution in [3.05, 3.63) is 0 Å². The van der Waals surface area contributed by atoms with Crippen molar-refractivity contribution in [2.24, 2.45) is 0 Å². The minimum atomic E-state index is -1.20. The Morgan fingerprint density at radius 2 is 1.44 bits per heavy atom. The van der Waals surface area contributed by atoms with Crippen molar-refractivity contribution in [2.45, 2.75) is 20.4 Å². The molecule has 2 nitrogen and oxygen atoms in total. The van der Waals surface area contributed by atoms with E-state index in [0.29, 0.717) is 0 Å². The Bertz CT molecular complexity index is 48.2. The third-order valence-electron chi connectivity index (χ3n) is 0.803. The van der Waals surface area contributed by atoms with Gasteiger partial charge < -0.3 is 8.85 Å². The molecule has 0 aliphatic heterocycles. The van der Waals surface area contributed by atoms with Gasteiger partial charge in [-0.2, -0.15) is 0 Å². The van der Waals surface area contributed by atoms with Gasteiger partial charge in [0.15, 0.2) is 0 Å². The molecule has 58 valence electrons. The summed E-state index contributed by atoms with van der Waals surface area (Å²) in [6, 6.07) is 0. The normalized spacial score (nSPS) is 9.33. The summed E-state index contributed by atoms with van der Waals surface area (Å²) in [6.07, 6.45) is 0. The summed E-state index contributed by atoms with van der Waals surface area (Å²) in [6.45, 7) is 7.58. The van der Waals surface area contributed by atoms with E-state index in [4.69, 9.17) is 8.85 Å². The third-order valence-corrected chi connectivity index (χ3v) is 2.41. The van der Waals surface area contributed by atoms with Crippen LogP contribution in [0.15, 0.2) is 0 Å². The lowest BCUT2D eigenvalue weighted by Crippen LogP contribution is -2.17. The minimum absolute atomic E-state index is 0. The third kappa shape index (κ3) is 8.43.